The molecule has 3 aliphatic heterocycles. The van der Waals surface area contributed by atoms with Gasteiger partial charge in [-0.15, -0.1) is 0 Å². The molecule has 0 saturated carbocycles. The number of carbonyl (C=O) groups is 3. The fraction of sp³-hybridized carbons (Fsp3) is 0.756. The minimum atomic E-state index is -2.47. The maximum absolute atomic E-state index is 16.7. The van der Waals surface area contributed by atoms with Gasteiger partial charge in [0.15, 0.2) is 23.3 Å². The van der Waals surface area contributed by atoms with Gasteiger partial charge in [-0.3, -0.25) is 19.5 Å². The van der Waals surface area contributed by atoms with Crippen LogP contribution in [-0.2, 0) is 39.8 Å². The number of aliphatic hydroxyl groups excluding tert-OH is 1. The number of fused-ring (bicyclic) bond motifs is 1. The second-order valence-electron chi connectivity index (χ2n) is 18.1. The third-order valence-corrected chi connectivity index (χ3v) is 13.6. The molecule has 60 heavy (non-hydrogen) atoms. The molecule has 5 rings (SSSR count). The van der Waals surface area contributed by atoms with Crippen LogP contribution in [-0.4, -0.2) is 140 Å². The lowest BCUT2D eigenvalue weighted by molar-refractivity contribution is -0.291. The third kappa shape index (κ3) is 10.3. The van der Waals surface area contributed by atoms with Crippen LogP contribution in [0, 0.1) is 11.8 Å². The molecule has 0 spiro atoms. The summed E-state index contributed by atoms with van der Waals surface area (Å²) < 4.78 is 50.0. The van der Waals surface area contributed by atoms with Crippen LogP contribution in [0.3, 0.4) is 0 Å². The molecule has 13 atom stereocenters. The molecule has 3 saturated heterocycles. The van der Waals surface area contributed by atoms with Gasteiger partial charge in [-0.25, -0.2) is 14.2 Å². The van der Waals surface area contributed by atoms with Gasteiger partial charge in [-0.2, -0.15) is 0 Å². The van der Waals surface area contributed by atoms with Crippen molar-refractivity contribution in [3.63, 3.8) is 0 Å². The number of aliphatic hydroxyl groups is 1. The molecule has 0 bridgehead atoms. The van der Waals surface area contributed by atoms with Gasteiger partial charge in [0.2, 0.25) is 0 Å². The maximum Gasteiger partial charge on any atom is 0.410 e. The van der Waals surface area contributed by atoms with Crippen LogP contribution in [0.25, 0.3) is 11.3 Å². The van der Waals surface area contributed by atoms with E-state index in [0.717, 1.165) is 17.7 Å². The number of carbonyl (C=O) groups excluding carboxylic acids is 3. The molecule has 1 unspecified atom stereocenters. The quantitative estimate of drug-likeness (QED) is 0.222. The molecule has 2 aromatic heterocycles. The van der Waals surface area contributed by atoms with Crippen LogP contribution in [0.5, 0.6) is 0 Å². The number of ether oxygens (including phenoxy) is 5. The Kier molecular flexibility index (Phi) is 15.7. The standard InChI is InChI=1S/C45H70FN5O9/c1-12-29(4)49(10)34-21-30(5)58-41(39(34)54)59-37-22-35(52)43(7,46)26-57-36(13-2)45(9)40(31(6)38(53)28(3)23-44(37,8)56-11)51(42(55)60-45)20-15-14-19-50-25-33(48-27-50)32-17-16-18-47-24-32/h16-18,24-25,27-31,34,36-37,39-41,54H,12-15,19-23,26H2,1-11H3/t28-,29?,30-,31+,34+,36-,37-,39-,40-,41+,43-,44-,45-/m1/s1. The molecule has 1 N–H and O–H groups in total. The number of rotatable bonds is 13. The number of alkyl halides is 1. The van der Waals surface area contributed by atoms with Crippen molar-refractivity contribution in [3.05, 3.63) is 37.1 Å². The van der Waals surface area contributed by atoms with Crippen molar-refractivity contribution in [2.45, 2.75) is 180 Å². The van der Waals surface area contributed by atoms with Crippen molar-refractivity contribution in [1.29, 1.82) is 0 Å². The van der Waals surface area contributed by atoms with Crippen LogP contribution in [0.15, 0.2) is 37.1 Å². The summed E-state index contributed by atoms with van der Waals surface area (Å²) in [6, 6.07) is 2.94. The Morgan fingerprint density at radius 1 is 1.12 bits per heavy atom. The molecule has 0 aliphatic carbocycles. The molecule has 5 heterocycles. The highest BCUT2D eigenvalue weighted by molar-refractivity contribution is 5.88. The Balaban J connectivity index is 1.41. The first kappa shape index (κ1) is 47.7. The average molecular weight is 844 g/mol. The zero-order valence-corrected chi connectivity index (χ0v) is 37.6. The number of halogens is 1. The molecule has 3 aliphatic rings. The van der Waals surface area contributed by atoms with Crippen molar-refractivity contribution in [2.24, 2.45) is 11.8 Å². The van der Waals surface area contributed by atoms with E-state index >= 15 is 4.39 Å². The number of aryl methyl sites for hydroxylation is 1. The summed E-state index contributed by atoms with van der Waals surface area (Å²) in [7, 11) is 3.44. The van der Waals surface area contributed by atoms with Crippen LogP contribution in [0.2, 0.25) is 0 Å². The van der Waals surface area contributed by atoms with Crippen molar-refractivity contribution >= 4 is 17.7 Å². The van der Waals surface area contributed by atoms with E-state index in [1.807, 2.05) is 50.7 Å². The Bertz CT molecular complexity index is 1750. The number of nitrogens with zero attached hydrogens (tertiary/aromatic N) is 5. The number of amides is 1. The van der Waals surface area contributed by atoms with E-state index in [0.29, 0.717) is 38.8 Å². The topological polar surface area (TPSA) is 155 Å². The molecule has 3 fully saturated rings. The lowest BCUT2D eigenvalue weighted by Crippen LogP contribution is -2.60. The first-order valence-electron chi connectivity index (χ1n) is 21.8. The highest BCUT2D eigenvalue weighted by Crippen LogP contribution is 2.43. The normalized spacial score (nSPS) is 36.5. The second kappa shape index (κ2) is 19.8. The van der Waals surface area contributed by atoms with Gasteiger partial charge in [0, 0.05) is 74.7 Å². The Morgan fingerprint density at radius 2 is 1.83 bits per heavy atom. The Labute approximate surface area is 355 Å². The highest BCUT2D eigenvalue weighted by Gasteiger charge is 2.59. The van der Waals surface area contributed by atoms with Gasteiger partial charge in [-0.05, 0) is 92.3 Å². The number of imidazole rings is 1. The van der Waals surface area contributed by atoms with E-state index in [1.54, 1.807) is 44.4 Å². The highest BCUT2D eigenvalue weighted by atomic mass is 19.1. The lowest BCUT2D eigenvalue weighted by Gasteiger charge is -2.47. The first-order valence-corrected chi connectivity index (χ1v) is 21.8. The summed E-state index contributed by atoms with van der Waals surface area (Å²) in [5.74, 6) is -2.32. The zero-order valence-electron chi connectivity index (χ0n) is 37.6. The molecular formula is C45H70FN5O9. The van der Waals surface area contributed by atoms with E-state index < -0.39 is 84.3 Å². The van der Waals surface area contributed by atoms with Crippen LogP contribution >= 0.6 is 0 Å². The number of Topliss-reactive ketones (excluding diaryl/α,β-unsaturated/α-hetero) is 2. The third-order valence-electron chi connectivity index (χ3n) is 13.6. The summed E-state index contributed by atoms with van der Waals surface area (Å²) >= 11 is 0. The molecule has 15 heteroatoms. The van der Waals surface area contributed by atoms with E-state index in [1.165, 1.54) is 14.0 Å². The minimum Gasteiger partial charge on any atom is -0.438 e. The SMILES string of the molecule is CCC(C)N(C)[C@H]1C[C@@H](C)O[C@@H](O[C@@H]2CC(=O)[C@](C)(F)CO[C@H](CC)[C@@]3(C)OC(=O)N(CCCCn4cnc(-c5cccnc5)c4)[C@@H]3[C@@H](C)C(=O)[C@H](C)C[C@@]2(C)OC)[C@@H]1O. The summed E-state index contributed by atoms with van der Waals surface area (Å²) in [6.45, 7) is 16.5. The molecular weight excluding hydrogens is 774 g/mol. The predicted octanol–water partition coefficient (Wildman–Crippen LogP) is 6.42. The van der Waals surface area contributed by atoms with E-state index in [4.69, 9.17) is 23.7 Å². The van der Waals surface area contributed by atoms with Gasteiger partial charge in [-0.1, -0.05) is 27.7 Å². The van der Waals surface area contributed by atoms with Crippen LogP contribution < -0.4 is 0 Å². The monoisotopic (exact) mass is 844 g/mol. The van der Waals surface area contributed by atoms with E-state index in [2.05, 4.69) is 28.7 Å². The smallest absolute Gasteiger partial charge is 0.410 e. The molecule has 2 aromatic rings. The van der Waals surface area contributed by atoms with Crippen LogP contribution in [0.4, 0.5) is 9.18 Å². The molecule has 0 radical (unpaired) electrons. The lowest BCUT2D eigenvalue weighted by atomic mass is 9.74. The van der Waals surface area contributed by atoms with Gasteiger partial charge >= 0.3 is 6.09 Å². The molecule has 14 nitrogen and oxygen atoms in total. The average Bonchev–Trinajstić information content (AvgIpc) is 3.80. The summed E-state index contributed by atoms with van der Waals surface area (Å²) in [6.07, 6.45) is 4.91. The first-order chi connectivity index (χ1) is 28.3. The van der Waals surface area contributed by atoms with Gasteiger partial charge in [0.25, 0.3) is 0 Å². The summed E-state index contributed by atoms with van der Waals surface area (Å²) in [4.78, 5) is 55.1. The Hall–Kier alpha value is -3.34. The van der Waals surface area contributed by atoms with Crippen molar-refractivity contribution < 1.29 is 47.6 Å². The van der Waals surface area contributed by atoms with Gasteiger partial charge < -0.3 is 38.3 Å². The number of ketones is 2. The number of likely N-dealkylation sites (N-methyl/N-ethyl adjacent to an activating group) is 1. The van der Waals surface area contributed by atoms with E-state index in [-0.39, 0.29) is 30.4 Å². The summed E-state index contributed by atoms with van der Waals surface area (Å²) in [5.41, 5.74) is -3.39. The maximum atomic E-state index is 16.7. The van der Waals surface area contributed by atoms with Crippen molar-refractivity contribution in [3.8, 4) is 11.3 Å². The number of hydrogen-bond acceptors (Lipinski definition) is 12. The number of unbranched alkanes of at least 4 members (excludes halogenated alkanes) is 1. The molecule has 0 aromatic carbocycles. The second-order valence-corrected chi connectivity index (χ2v) is 18.1. The molecule has 336 valence electrons. The number of aromatic nitrogens is 3. The number of methoxy groups -OCH3 is 1. The number of hydrogen-bond donors (Lipinski definition) is 1. The van der Waals surface area contributed by atoms with Gasteiger partial charge in [0.1, 0.15) is 11.9 Å². The summed E-state index contributed by atoms with van der Waals surface area (Å²) in [5, 5.41) is 11.7. The number of pyridine rings is 1. The van der Waals surface area contributed by atoms with Crippen molar-refractivity contribution in [2.75, 3.05) is 27.3 Å². The van der Waals surface area contributed by atoms with Crippen LogP contribution in [0.1, 0.15) is 107 Å². The van der Waals surface area contributed by atoms with E-state index in [9.17, 15) is 19.5 Å². The molecule has 1 amide bonds. The zero-order chi connectivity index (χ0) is 44.2. The Morgan fingerprint density at radius 3 is 2.48 bits per heavy atom. The van der Waals surface area contributed by atoms with Gasteiger partial charge in [0.05, 0.1) is 48.6 Å². The largest absolute Gasteiger partial charge is 0.438 e. The predicted molar refractivity (Wildman–Crippen MR) is 224 cm³/mol. The minimum absolute atomic E-state index is 0.0973. The fourth-order valence-corrected chi connectivity index (χ4v) is 9.50. The fourth-order valence-electron chi connectivity index (χ4n) is 9.50. The van der Waals surface area contributed by atoms with Crippen molar-refractivity contribution in [1.82, 2.24) is 24.3 Å².